The number of likely N-dealkylation sites (N-methyl/N-ethyl adjacent to an activating group) is 1. The molecule has 0 atom stereocenters. The Hall–Kier alpha value is -1.75. The molecule has 5 nitrogen and oxygen atoms in total. The van der Waals surface area contributed by atoms with Crippen LogP contribution >= 0.6 is 0 Å². The Morgan fingerprint density at radius 1 is 1.33 bits per heavy atom. The van der Waals surface area contributed by atoms with Gasteiger partial charge in [0.25, 0.3) is 5.91 Å². The number of benzene rings is 1. The van der Waals surface area contributed by atoms with Gasteiger partial charge in [0.1, 0.15) is 5.75 Å². The highest BCUT2D eigenvalue weighted by molar-refractivity contribution is 5.77. The zero-order chi connectivity index (χ0) is 13.5. The van der Waals surface area contributed by atoms with Gasteiger partial charge in [-0.3, -0.25) is 4.79 Å². The van der Waals surface area contributed by atoms with Crippen LogP contribution < -0.4 is 9.64 Å². The van der Waals surface area contributed by atoms with E-state index in [9.17, 15) is 4.79 Å². The van der Waals surface area contributed by atoms with Gasteiger partial charge in [-0.2, -0.15) is 0 Å². The van der Waals surface area contributed by atoms with Gasteiger partial charge in [0.15, 0.2) is 6.61 Å². The maximum Gasteiger partial charge on any atom is 0.260 e. The highest BCUT2D eigenvalue weighted by Gasteiger charge is 2.08. The second-order valence-electron chi connectivity index (χ2n) is 4.22. The van der Waals surface area contributed by atoms with Crippen molar-refractivity contribution in [3.05, 3.63) is 24.3 Å². The van der Waals surface area contributed by atoms with Gasteiger partial charge in [0, 0.05) is 39.4 Å². The Kier molecular flexibility index (Phi) is 5.45. The van der Waals surface area contributed by atoms with Crippen molar-refractivity contribution in [1.82, 2.24) is 4.90 Å². The summed E-state index contributed by atoms with van der Waals surface area (Å²) in [5.74, 6) is 0.506. The second-order valence-corrected chi connectivity index (χ2v) is 4.22. The molecule has 1 amide bonds. The first-order valence-corrected chi connectivity index (χ1v) is 5.79. The minimum Gasteiger partial charge on any atom is -0.484 e. The number of carbonyl (C=O) groups excluding carboxylic acids is 1. The summed E-state index contributed by atoms with van der Waals surface area (Å²) in [6, 6.07) is 7.53. The molecule has 18 heavy (non-hydrogen) atoms. The van der Waals surface area contributed by atoms with Crippen molar-refractivity contribution >= 4 is 11.6 Å². The third kappa shape index (κ3) is 4.25. The summed E-state index contributed by atoms with van der Waals surface area (Å²) in [7, 11) is 5.52. The minimum absolute atomic E-state index is 0.0205. The molecule has 1 N–H and O–H groups in total. The third-order valence-electron chi connectivity index (χ3n) is 2.56. The van der Waals surface area contributed by atoms with E-state index in [4.69, 9.17) is 9.84 Å². The summed E-state index contributed by atoms with van der Waals surface area (Å²) < 4.78 is 5.43. The molecule has 0 aliphatic heterocycles. The fourth-order valence-electron chi connectivity index (χ4n) is 1.38. The van der Waals surface area contributed by atoms with Crippen LogP contribution in [-0.4, -0.2) is 56.8 Å². The van der Waals surface area contributed by atoms with E-state index in [0.717, 1.165) is 5.69 Å². The van der Waals surface area contributed by atoms with Crippen molar-refractivity contribution < 1.29 is 14.6 Å². The summed E-state index contributed by atoms with van der Waals surface area (Å²) in [5.41, 5.74) is 1.02. The predicted molar refractivity (Wildman–Crippen MR) is 71.0 cm³/mol. The number of amides is 1. The Morgan fingerprint density at radius 2 is 2.06 bits per heavy atom. The number of rotatable bonds is 6. The van der Waals surface area contributed by atoms with Gasteiger partial charge >= 0.3 is 0 Å². The van der Waals surface area contributed by atoms with Crippen molar-refractivity contribution in [2.24, 2.45) is 0 Å². The second kappa shape index (κ2) is 6.86. The zero-order valence-corrected chi connectivity index (χ0v) is 11.1. The van der Waals surface area contributed by atoms with Gasteiger partial charge < -0.3 is 19.6 Å². The van der Waals surface area contributed by atoms with E-state index in [1.165, 1.54) is 4.90 Å². The molecular formula is C13H20N2O3. The van der Waals surface area contributed by atoms with Gasteiger partial charge in [-0.1, -0.05) is 6.07 Å². The van der Waals surface area contributed by atoms with E-state index in [2.05, 4.69) is 0 Å². The van der Waals surface area contributed by atoms with E-state index in [0.29, 0.717) is 12.3 Å². The third-order valence-corrected chi connectivity index (χ3v) is 2.56. The average Bonchev–Trinajstić information content (AvgIpc) is 2.36. The van der Waals surface area contributed by atoms with Crippen molar-refractivity contribution in [1.29, 1.82) is 0 Å². The molecule has 1 aromatic rings. The number of aliphatic hydroxyl groups is 1. The molecule has 0 aliphatic carbocycles. The van der Waals surface area contributed by atoms with E-state index >= 15 is 0 Å². The molecule has 0 spiro atoms. The summed E-state index contributed by atoms with van der Waals surface area (Å²) >= 11 is 0. The molecule has 0 aliphatic rings. The van der Waals surface area contributed by atoms with E-state index < -0.39 is 0 Å². The number of hydrogen-bond acceptors (Lipinski definition) is 4. The van der Waals surface area contributed by atoms with E-state index in [1.807, 2.05) is 43.3 Å². The van der Waals surface area contributed by atoms with Crippen LogP contribution in [0, 0.1) is 0 Å². The van der Waals surface area contributed by atoms with Crippen molar-refractivity contribution in [3.63, 3.8) is 0 Å². The standard InChI is InChI=1S/C13H20N2O3/c1-14(2)11-5-4-6-12(9-11)18-10-13(17)15(3)7-8-16/h4-6,9,16H,7-8,10H2,1-3H3. The quantitative estimate of drug-likeness (QED) is 0.805. The molecule has 0 saturated heterocycles. The van der Waals surface area contributed by atoms with Crippen LogP contribution in [0.15, 0.2) is 24.3 Å². The number of aliphatic hydroxyl groups excluding tert-OH is 1. The average molecular weight is 252 g/mol. The van der Waals surface area contributed by atoms with Crippen LogP contribution in [0.5, 0.6) is 5.75 Å². The van der Waals surface area contributed by atoms with E-state index in [1.54, 1.807) is 7.05 Å². The molecule has 100 valence electrons. The maximum atomic E-state index is 11.6. The summed E-state index contributed by atoms with van der Waals surface area (Å²) in [6.45, 7) is 0.256. The highest BCUT2D eigenvalue weighted by Crippen LogP contribution is 2.19. The molecule has 0 unspecified atom stereocenters. The zero-order valence-electron chi connectivity index (χ0n) is 11.1. The molecular weight excluding hydrogens is 232 g/mol. The molecule has 1 aromatic carbocycles. The molecule has 1 rings (SSSR count). The van der Waals surface area contributed by atoms with Crippen LogP contribution in [0.25, 0.3) is 0 Å². The van der Waals surface area contributed by atoms with Crippen LogP contribution in [0.3, 0.4) is 0 Å². The van der Waals surface area contributed by atoms with Crippen molar-refractivity contribution in [3.8, 4) is 5.75 Å². The predicted octanol–water partition coefficient (Wildman–Crippen LogP) is 0.582. The largest absolute Gasteiger partial charge is 0.484 e. The lowest BCUT2D eigenvalue weighted by Crippen LogP contribution is -2.33. The molecule has 5 heteroatoms. The fourth-order valence-corrected chi connectivity index (χ4v) is 1.38. The Balaban J connectivity index is 2.53. The maximum absolute atomic E-state index is 11.6. The van der Waals surface area contributed by atoms with Gasteiger partial charge in [0.05, 0.1) is 6.61 Å². The number of carbonyl (C=O) groups is 1. The van der Waals surface area contributed by atoms with Crippen molar-refractivity contribution in [2.75, 3.05) is 45.8 Å². The Bertz CT molecular complexity index is 394. The van der Waals surface area contributed by atoms with Crippen LogP contribution in [0.1, 0.15) is 0 Å². The first kappa shape index (κ1) is 14.3. The van der Waals surface area contributed by atoms with Crippen LogP contribution in [0.4, 0.5) is 5.69 Å². The Morgan fingerprint density at radius 3 is 2.67 bits per heavy atom. The topological polar surface area (TPSA) is 53.0 Å². The van der Waals surface area contributed by atoms with Crippen LogP contribution in [0.2, 0.25) is 0 Å². The molecule has 0 heterocycles. The van der Waals surface area contributed by atoms with Crippen LogP contribution in [-0.2, 0) is 4.79 Å². The highest BCUT2D eigenvalue weighted by atomic mass is 16.5. The fraction of sp³-hybridized carbons (Fsp3) is 0.462. The summed E-state index contributed by atoms with van der Waals surface area (Å²) in [4.78, 5) is 15.0. The molecule has 0 saturated carbocycles. The lowest BCUT2D eigenvalue weighted by atomic mass is 10.3. The van der Waals surface area contributed by atoms with Gasteiger partial charge in [-0.15, -0.1) is 0 Å². The lowest BCUT2D eigenvalue weighted by Gasteiger charge is -2.17. The summed E-state index contributed by atoms with van der Waals surface area (Å²) in [5, 5.41) is 8.73. The Labute approximate surface area is 108 Å². The molecule has 0 aromatic heterocycles. The van der Waals surface area contributed by atoms with Gasteiger partial charge in [-0.05, 0) is 12.1 Å². The minimum atomic E-state index is -0.153. The molecule has 0 fully saturated rings. The van der Waals surface area contributed by atoms with Gasteiger partial charge in [-0.25, -0.2) is 0 Å². The summed E-state index contributed by atoms with van der Waals surface area (Å²) in [6.07, 6.45) is 0. The molecule has 0 radical (unpaired) electrons. The number of nitrogens with zero attached hydrogens (tertiary/aromatic N) is 2. The first-order chi connectivity index (χ1) is 8.54. The van der Waals surface area contributed by atoms with Gasteiger partial charge in [0.2, 0.25) is 0 Å². The normalized spacial score (nSPS) is 10.0. The number of ether oxygens (including phenoxy) is 1. The smallest absolute Gasteiger partial charge is 0.260 e. The first-order valence-electron chi connectivity index (χ1n) is 5.79. The number of anilines is 1. The SMILES string of the molecule is CN(CCO)C(=O)COc1cccc(N(C)C)c1. The number of hydrogen-bond donors (Lipinski definition) is 1. The van der Waals surface area contributed by atoms with E-state index in [-0.39, 0.29) is 19.1 Å². The molecule has 0 bridgehead atoms. The monoisotopic (exact) mass is 252 g/mol. The van der Waals surface area contributed by atoms with Crippen molar-refractivity contribution in [2.45, 2.75) is 0 Å². The lowest BCUT2D eigenvalue weighted by molar-refractivity contribution is -0.132.